The second-order valence-electron chi connectivity index (χ2n) is 8.60. The molecule has 3 aromatic rings. The van der Waals surface area contributed by atoms with Gasteiger partial charge in [0.05, 0.1) is 11.4 Å². The Hall–Kier alpha value is -2.73. The fourth-order valence-corrected chi connectivity index (χ4v) is 4.84. The summed E-state index contributed by atoms with van der Waals surface area (Å²) in [5.74, 6) is 1.29. The van der Waals surface area contributed by atoms with Crippen molar-refractivity contribution in [3.05, 3.63) is 60.0 Å². The molecule has 30 heavy (non-hydrogen) atoms. The van der Waals surface area contributed by atoms with Crippen LogP contribution in [0.25, 0.3) is 11.3 Å². The highest BCUT2D eigenvalue weighted by molar-refractivity contribution is 5.63. The Balaban J connectivity index is 1.39. The van der Waals surface area contributed by atoms with Crippen molar-refractivity contribution in [1.29, 1.82) is 0 Å². The summed E-state index contributed by atoms with van der Waals surface area (Å²) in [6.07, 6.45) is 8.86. The Bertz CT molecular complexity index is 976. The molecule has 4 heterocycles. The largest absolute Gasteiger partial charge is 0.341 e. The lowest BCUT2D eigenvalue weighted by Crippen LogP contribution is -2.34. The minimum Gasteiger partial charge on any atom is -0.341 e. The molecule has 156 valence electrons. The van der Waals surface area contributed by atoms with Crippen molar-refractivity contribution >= 4 is 5.95 Å². The lowest BCUT2D eigenvalue weighted by Gasteiger charge is -2.32. The number of likely N-dealkylation sites (tertiary alicyclic amines) is 1. The molecule has 0 aliphatic carbocycles. The number of rotatable bonds is 5. The first-order valence-corrected chi connectivity index (χ1v) is 11.1. The van der Waals surface area contributed by atoms with Crippen LogP contribution in [0, 0.1) is 0 Å². The van der Waals surface area contributed by atoms with Crippen LogP contribution in [0.1, 0.15) is 42.9 Å². The van der Waals surface area contributed by atoms with E-state index in [4.69, 9.17) is 10.1 Å². The van der Waals surface area contributed by atoms with Gasteiger partial charge in [-0.3, -0.25) is 9.58 Å². The summed E-state index contributed by atoms with van der Waals surface area (Å²) in [6.45, 7) is 5.32. The molecule has 1 aromatic carbocycles. The number of aromatic nitrogens is 4. The average molecular weight is 403 g/mol. The topological polar surface area (TPSA) is 50.1 Å². The zero-order valence-corrected chi connectivity index (χ0v) is 17.7. The number of piperidine rings is 1. The zero-order chi connectivity index (χ0) is 20.3. The van der Waals surface area contributed by atoms with Gasteiger partial charge in [-0.1, -0.05) is 30.3 Å². The van der Waals surface area contributed by atoms with Crippen LogP contribution in [0.4, 0.5) is 5.95 Å². The lowest BCUT2D eigenvalue weighted by molar-refractivity contribution is 0.198. The van der Waals surface area contributed by atoms with E-state index in [1.54, 1.807) is 0 Å². The molecule has 1 unspecified atom stereocenters. The van der Waals surface area contributed by atoms with E-state index in [1.165, 1.54) is 36.9 Å². The number of hydrogen-bond donors (Lipinski definition) is 0. The summed E-state index contributed by atoms with van der Waals surface area (Å²) in [4.78, 5) is 14.3. The van der Waals surface area contributed by atoms with Gasteiger partial charge in [-0.15, -0.1) is 0 Å². The second-order valence-corrected chi connectivity index (χ2v) is 8.60. The van der Waals surface area contributed by atoms with Crippen molar-refractivity contribution < 1.29 is 0 Å². The van der Waals surface area contributed by atoms with E-state index in [-0.39, 0.29) is 0 Å². The molecule has 0 spiro atoms. The standard InChI is InChI=1S/C24H30N6/c1-28-18-21(22-11-12-25-24(26-22)30-14-5-6-15-30)23(27-28)20-10-7-13-29(17-20)16-19-8-3-2-4-9-19/h2-4,8-9,11-12,18,20H,5-7,10,13-17H2,1H3. The van der Waals surface area contributed by atoms with Gasteiger partial charge in [0.2, 0.25) is 5.95 Å². The fraction of sp³-hybridized carbons (Fsp3) is 0.458. The van der Waals surface area contributed by atoms with Crippen LogP contribution >= 0.6 is 0 Å². The molecule has 0 saturated carbocycles. The molecular weight excluding hydrogens is 372 g/mol. The summed E-state index contributed by atoms with van der Waals surface area (Å²) < 4.78 is 1.94. The number of hydrogen-bond acceptors (Lipinski definition) is 5. The predicted molar refractivity (Wildman–Crippen MR) is 119 cm³/mol. The van der Waals surface area contributed by atoms with Crippen LogP contribution in [0.2, 0.25) is 0 Å². The maximum Gasteiger partial charge on any atom is 0.225 e. The first-order chi connectivity index (χ1) is 14.8. The third-order valence-corrected chi connectivity index (χ3v) is 6.31. The fourth-order valence-electron chi connectivity index (χ4n) is 4.84. The van der Waals surface area contributed by atoms with Crippen LogP contribution in [-0.4, -0.2) is 50.8 Å². The minimum absolute atomic E-state index is 0.434. The minimum atomic E-state index is 0.434. The van der Waals surface area contributed by atoms with E-state index in [0.717, 1.165) is 49.9 Å². The number of benzene rings is 1. The third kappa shape index (κ3) is 4.10. The molecule has 0 N–H and O–H groups in total. The molecular formula is C24H30N6. The Labute approximate surface area is 178 Å². The Morgan fingerprint density at radius 2 is 1.83 bits per heavy atom. The van der Waals surface area contributed by atoms with E-state index in [2.05, 4.69) is 51.3 Å². The maximum absolute atomic E-state index is 4.93. The summed E-state index contributed by atoms with van der Waals surface area (Å²) in [5, 5.41) is 4.90. The van der Waals surface area contributed by atoms with Crippen molar-refractivity contribution in [3.63, 3.8) is 0 Å². The Morgan fingerprint density at radius 1 is 1.00 bits per heavy atom. The zero-order valence-electron chi connectivity index (χ0n) is 17.7. The van der Waals surface area contributed by atoms with E-state index < -0.39 is 0 Å². The number of nitrogens with zero attached hydrogens (tertiary/aromatic N) is 6. The van der Waals surface area contributed by atoms with Crippen LogP contribution in [0.15, 0.2) is 48.8 Å². The van der Waals surface area contributed by atoms with Crippen LogP contribution in [0.3, 0.4) is 0 Å². The molecule has 2 fully saturated rings. The van der Waals surface area contributed by atoms with Crippen LogP contribution in [-0.2, 0) is 13.6 Å². The van der Waals surface area contributed by atoms with Crippen molar-refractivity contribution in [2.24, 2.45) is 7.05 Å². The maximum atomic E-state index is 4.93. The van der Waals surface area contributed by atoms with Crippen LogP contribution in [0.5, 0.6) is 0 Å². The molecule has 2 aliphatic heterocycles. The van der Waals surface area contributed by atoms with Crippen molar-refractivity contribution in [3.8, 4) is 11.3 Å². The van der Waals surface area contributed by atoms with E-state index >= 15 is 0 Å². The molecule has 2 saturated heterocycles. The van der Waals surface area contributed by atoms with Gasteiger partial charge in [0.25, 0.3) is 0 Å². The molecule has 6 nitrogen and oxygen atoms in total. The number of anilines is 1. The van der Waals surface area contributed by atoms with E-state index in [9.17, 15) is 0 Å². The molecule has 2 aliphatic rings. The van der Waals surface area contributed by atoms with E-state index in [0.29, 0.717) is 5.92 Å². The Kier molecular flexibility index (Phi) is 5.49. The van der Waals surface area contributed by atoms with Crippen molar-refractivity contribution in [2.75, 3.05) is 31.1 Å². The van der Waals surface area contributed by atoms with Gasteiger partial charge in [0.1, 0.15) is 0 Å². The van der Waals surface area contributed by atoms with Gasteiger partial charge in [0, 0.05) is 57.1 Å². The summed E-state index contributed by atoms with van der Waals surface area (Å²) >= 11 is 0. The monoisotopic (exact) mass is 402 g/mol. The van der Waals surface area contributed by atoms with Crippen molar-refractivity contribution in [1.82, 2.24) is 24.6 Å². The third-order valence-electron chi connectivity index (χ3n) is 6.31. The van der Waals surface area contributed by atoms with Crippen molar-refractivity contribution in [2.45, 2.75) is 38.1 Å². The first kappa shape index (κ1) is 19.2. The smallest absolute Gasteiger partial charge is 0.225 e. The molecule has 6 heteroatoms. The normalized spacial score (nSPS) is 20.0. The average Bonchev–Trinajstić information content (AvgIpc) is 3.45. The quantitative estimate of drug-likeness (QED) is 0.649. The predicted octanol–water partition coefficient (Wildman–Crippen LogP) is 3.86. The Morgan fingerprint density at radius 3 is 2.67 bits per heavy atom. The molecule has 1 atom stereocenters. The SMILES string of the molecule is Cn1cc(-c2ccnc(N3CCCC3)n2)c(C2CCCN(Cc3ccccc3)C2)n1. The number of aryl methyl sites for hydroxylation is 1. The van der Waals surface area contributed by atoms with Gasteiger partial charge >= 0.3 is 0 Å². The van der Waals surface area contributed by atoms with Gasteiger partial charge in [-0.25, -0.2) is 9.97 Å². The highest BCUT2D eigenvalue weighted by atomic mass is 15.3. The molecule has 0 bridgehead atoms. The molecule has 0 radical (unpaired) electrons. The van der Waals surface area contributed by atoms with Gasteiger partial charge in [0.15, 0.2) is 0 Å². The molecule has 5 rings (SSSR count). The van der Waals surface area contributed by atoms with Gasteiger partial charge in [-0.05, 0) is 43.9 Å². The highest BCUT2D eigenvalue weighted by Crippen LogP contribution is 2.33. The van der Waals surface area contributed by atoms with Gasteiger partial charge < -0.3 is 4.90 Å². The summed E-state index contributed by atoms with van der Waals surface area (Å²) in [6, 6.07) is 12.8. The summed E-state index contributed by atoms with van der Waals surface area (Å²) in [7, 11) is 2.01. The van der Waals surface area contributed by atoms with Gasteiger partial charge in [-0.2, -0.15) is 5.10 Å². The van der Waals surface area contributed by atoms with E-state index in [1.807, 2.05) is 24.0 Å². The molecule has 2 aromatic heterocycles. The highest BCUT2D eigenvalue weighted by Gasteiger charge is 2.27. The lowest BCUT2D eigenvalue weighted by atomic mass is 9.91. The summed E-state index contributed by atoms with van der Waals surface area (Å²) in [5.41, 5.74) is 4.72. The molecule has 0 amide bonds. The van der Waals surface area contributed by atoms with Crippen LogP contribution < -0.4 is 4.90 Å². The second kappa shape index (κ2) is 8.56. The first-order valence-electron chi connectivity index (χ1n) is 11.1.